The number of rotatable bonds is 6. The van der Waals surface area contributed by atoms with Crippen LogP contribution in [0.15, 0.2) is 11.1 Å². The molecule has 1 rings (SSSR count). The summed E-state index contributed by atoms with van der Waals surface area (Å²) in [5, 5.41) is 2.67. The molecular formula is C12H19BrN2O2. The van der Waals surface area contributed by atoms with Crippen LogP contribution >= 0.6 is 15.9 Å². The van der Waals surface area contributed by atoms with E-state index >= 15 is 0 Å². The average molecular weight is 303 g/mol. The lowest BCUT2D eigenvalue weighted by atomic mass is 10.0. The number of nitrogens with one attached hydrogen (secondary N) is 1. The largest absolute Gasteiger partial charge is 0.368 e. The molecule has 0 saturated heterocycles. The molecule has 0 aliphatic heterocycles. The molecule has 5 heteroatoms. The summed E-state index contributed by atoms with van der Waals surface area (Å²) in [6.45, 7) is 3.65. The highest BCUT2D eigenvalue weighted by molar-refractivity contribution is 9.11. The number of hydrogen-bond acceptors (Lipinski definition) is 2. The van der Waals surface area contributed by atoms with Crippen molar-refractivity contribution in [1.82, 2.24) is 5.32 Å². The van der Waals surface area contributed by atoms with Gasteiger partial charge in [0.1, 0.15) is 6.04 Å². The fourth-order valence-electron chi connectivity index (χ4n) is 2.17. The minimum absolute atomic E-state index is 0.0885. The molecule has 1 aliphatic carbocycles. The van der Waals surface area contributed by atoms with Gasteiger partial charge in [0.05, 0.1) is 0 Å². The summed E-state index contributed by atoms with van der Waals surface area (Å²) in [5.41, 5.74) is 5.23. The zero-order chi connectivity index (χ0) is 12.8. The lowest BCUT2D eigenvalue weighted by molar-refractivity contribution is -0.127. The van der Waals surface area contributed by atoms with E-state index in [4.69, 9.17) is 5.73 Å². The van der Waals surface area contributed by atoms with Gasteiger partial charge in [0.15, 0.2) is 0 Å². The first-order valence-electron chi connectivity index (χ1n) is 5.91. The molecule has 0 unspecified atom stereocenters. The van der Waals surface area contributed by atoms with Gasteiger partial charge in [-0.15, -0.1) is 0 Å². The van der Waals surface area contributed by atoms with Gasteiger partial charge in [-0.05, 0) is 23.2 Å². The first-order chi connectivity index (χ1) is 7.99. The summed E-state index contributed by atoms with van der Waals surface area (Å²) >= 11 is 3.17. The van der Waals surface area contributed by atoms with Crippen molar-refractivity contribution < 1.29 is 9.59 Å². The molecule has 3 N–H and O–H groups in total. The summed E-state index contributed by atoms with van der Waals surface area (Å²) < 4.78 is 0.655. The van der Waals surface area contributed by atoms with Crippen molar-refractivity contribution in [2.75, 3.05) is 0 Å². The van der Waals surface area contributed by atoms with Crippen LogP contribution < -0.4 is 11.1 Å². The van der Waals surface area contributed by atoms with E-state index in [0.29, 0.717) is 23.2 Å². The number of primary amides is 1. The molecule has 1 saturated carbocycles. The Morgan fingerprint density at radius 2 is 2.00 bits per heavy atom. The van der Waals surface area contributed by atoms with Gasteiger partial charge in [-0.3, -0.25) is 9.59 Å². The molecule has 0 aromatic heterocycles. The van der Waals surface area contributed by atoms with Gasteiger partial charge in [-0.1, -0.05) is 35.4 Å². The number of hydrogen-bond donors (Lipinski definition) is 2. The molecule has 2 amide bonds. The predicted octanol–water partition coefficient (Wildman–Crippen LogP) is 1.84. The van der Waals surface area contributed by atoms with E-state index in [1.54, 1.807) is 0 Å². The predicted molar refractivity (Wildman–Crippen MR) is 70.4 cm³/mol. The van der Waals surface area contributed by atoms with Crippen molar-refractivity contribution in [3.05, 3.63) is 11.1 Å². The third-order valence-electron chi connectivity index (χ3n) is 3.05. The summed E-state index contributed by atoms with van der Waals surface area (Å²) in [4.78, 5) is 22.9. The standard InChI is InChI=1S/C12H19BrN2O2/c1-8(13)6-10(12(14)17)15-11(16)7-9-4-2-3-5-9/h9-10H,1-7H2,(H2,14,17)(H,15,16)/t10-/m1/s1. The number of halogens is 1. The lowest BCUT2D eigenvalue weighted by Gasteiger charge is -2.16. The Labute approximate surface area is 110 Å². The Morgan fingerprint density at radius 3 is 2.47 bits per heavy atom. The first-order valence-corrected chi connectivity index (χ1v) is 6.70. The monoisotopic (exact) mass is 302 g/mol. The van der Waals surface area contributed by atoms with E-state index in [9.17, 15) is 9.59 Å². The van der Waals surface area contributed by atoms with Gasteiger partial charge in [0.25, 0.3) is 0 Å². The molecule has 0 heterocycles. The van der Waals surface area contributed by atoms with E-state index in [1.165, 1.54) is 12.8 Å². The quantitative estimate of drug-likeness (QED) is 0.786. The molecule has 0 bridgehead atoms. The highest BCUT2D eigenvalue weighted by Gasteiger charge is 2.22. The van der Waals surface area contributed by atoms with E-state index < -0.39 is 11.9 Å². The maximum absolute atomic E-state index is 11.7. The van der Waals surface area contributed by atoms with Crippen LogP contribution in [0.5, 0.6) is 0 Å². The van der Waals surface area contributed by atoms with E-state index in [0.717, 1.165) is 12.8 Å². The van der Waals surface area contributed by atoms with Crippen molar-refractivity contribution in [1.29, 1.82) is 0 Å². The highest BCUT2D eigenvalue weighted by atomic mass is 79.9. The number of carbonyl (C=O) groups excluding carboxylic acids is 2. The van der Waals surface area contributed by atoms with Crippen molar-refractivity contribution in [3.8, 4) is 0 Å². The molecule has 1 aliphatic rings. The Bertz CT molecular complexity index is 312. The highest BCUT2D eigenvalue weighted by Crippen LogP contribution is 2.27. The Balaban J connectivity index is 2.40. The van der Waals surface area contributed by atoms with Gasteiger partial charge in [-0.2, -0.15) is 0 Å². The van der Waals surface area contributed by atoms with Crippen LogP contribution in [0, 0.1) is 5.92 Å². The molecule has 0 radical (unpaired) electrons. The van der Waals surface area contributed by atoms with Gasteiger partial charge in [0.2, 0.25) is 11.8 Å². The van der Waals surface area contributed by atoms with Crippen LogP contribution in [0.3, 0.4) is 0 Å². The average Bonchev–Trinajstić information content (AvgIpc) is 2.68. The maximum atomic E-state index is 11.7. The Kier molecular flexibility index (Phi) is 5.68. The number of nitrogens with two attached hydrogens (primary N) is 1. The van der Waals surface area contributed by atoms with Crippen LogP contribution in [-0.2, 0) is 9.59 Å². The van der Waals surface area contributed by atoms with Crippen LogP contribution in [-0.4, -0.2) is 17.9 Å². The second-order valence-electron chi connectivity index (χ2n) is 4.60. The molecule has 0 aromatic rings. The molecule has 0 spiro atoms. The van der Waals surface area contributed by atoms with E-state index in [-0.39, 0.29) is 5.91 Å². The van der Waals surface area contributed by atoms with E-state index in [1.807, 2.05) is 0 Å². The second kappa shape index (κ2) is 6.79. The number of amides is 2. The topological polar surface area (TPSA) is 72.2 Å². The normalized spacial score (nSPS) is 17.7. The summed E-state index contributed by atoms with van der Waals surface area (Å²) in [6.07, 6.45) is 5.47. The van der Waals surface area contributed by atoms with Crippen molar-refractivity contribution in [2.24, 2.45) is 11.7 Å². The van der Waals surface area contributed by atoms with E-state index in [2.05, 4.69) is 27.8 Å². The van der Waals surface area contributed by atoms with Crippen LogP contribution in [0.4, 0.5) is 0 Å². The minimum atomic E-state index is -0.657. The molecule has 0 aromatic carbocycles. The summed E-state index contributed by atoms with van der Waals surface area (Å²) in [5.74, 6) is -0.143. The Morgan fingerprint density at radius 1 is 1.41 bits per heavy atom. The molecular weight excluding hydrogens is 284 g/mol. The molecule has 4 nitrogen and oxygen atoms in total. The van der Waals surface area contributed by atoms with Crippen LogP contribution in [0.1, 0.15) is 38.5 Å². The van der Waals surface area contributed by atoms with Crippen molar-refractivity contribution in [2.45, 2.75) is 44.6 Å². The summed E-state index contributed by atoms with van der Waals surface area (Å²) in [7, 11) is 0. The fraction of sp³-hybridized carbons (Fsp3) is 0.667. The fourth-order valence-corrected chi connectivity index (χ4v) is 2.50. The SMILES string of the molecule is C=C(Br)C[C@@H](NC(=O)CC1CCCC1)C(N)=O. The smallest absolute Gasteiger partial charge is 0.240 e. The van der Waals surface area contributed by atoms with Gasteiger partial charge in [0, 0.05) is 12.8 Å². The Hall–Kier alpha value is -0.840. The minimum Gasteiger partial charge on any atom is -0.368 e. The third-order valence-corrected chi connectivity index (χ3v) is 3.38. The lowest BCUT2D eigenvalue weighted by Crippen LogP contribution is -2.44. The third kappa shape index (κ3) is 5.35. The molecule has 1 fully saturated rings. The first kappa shape index (κ1) is 14.2. The number of carbonyl (C=O) groups is 2. The van der Waals surface area contributed by atoms with Crippen molar-refractivity contribution in [3.63, 3.8) is 0 Å². The second-order valence-corrected chi connectivity index (χ2v) is 5.72. The van der Waals surface area contributed by atoms with Gasteiger partial charge >= 0.3 is 0 Å². The van der Waals surface area contributed by atoms with Crippen molar-refractivity contribution >= 4 is 27.7 Å². The maximum Gasteiger partial charge on any atom is 0.240 e. The molecule has 1 atom stereocenters. The zero-order valence-electron chi connectivity index (χ0n) is 9.88. The zero-order valence-corrected chi connectivity index (χ0v) is 11.5. The van der Waals surface area contributed by atoms with Gasteiger partial charge < -0.3 is 11.1 Å². The van der Waals surface area contributed by atoms with Gasteiger partial charge in [-0.25, -0.2) is 0 Å². The van der Waals surface area contributed by atoms with Crippen LogP contribution in [0.25, 0.3) is 0 Å². The molecule has 17 heavy (non-hydrogen) atoms. The summed E-state index contributed by atoms with van der Waals surface area (Å²) in [6, 6.07) is -0.657. The molecule has 96 valence electrons. The van der Waals surface area contributed by atoms with Crippen LogP contribution in [0.2, 0.25) is 0 Å².